The van der Waals surface area contributed by atoms with Gasteiger partial charge in [-0.25, -0.2) is 8.42 Å². The van der Waals surface area contributed by atoms with E-state index in [9.17, 15) is 13.2 Å². The second-order valence-electron chi connectivity index (χ2n) is 5.14. The van der Waals surface area contributed by atoms with Crippen LogP contribution in [-0.2, 0) is 14.8 Å². The van der Waals surface area contributed by atoms with Crippen molar-refractivity contribution in [1.82, 2.24) is 9.21 Å². The van der Waals surface area contributed by atoms with Crippen LogP contribution >= 0.6 is 0 Å². The second-order valence-corrected chi connectivity index (χ2v) is 7.05. The third-order valence-electron chi connectivity index (χ3n) is 3.80. The van der Waals surface area contributed by atoms with Gasteiger partial charge in [0, 0.05) is 32.6 Å². The number of amides is 1. The number of carbonyl (C=O) groups excluding carboxylic acids is 1. The number of methoxy groups -OCH3 is 1. The van der Waals surface area contributed by atoms with Gasteiger partial charge < -0.3 is 9.64 Å². The third kappa shape index (κ3) is 3.41. The zero-order chi connectivity index (χ0) is 16.2. The summed E-state index contributed by atoms with van der Waals surface area (Å²) in [6.07, 6.45) is 1.08. The molecule has 1 amide bonds. The molecule has 0 N–H and O–H groups in total. The SMILES string of the molecule is CCC(=O)N1CCCN(S(=O)(=O)c2ccccc2OC)CC1. The molecule has 22 heavy (non-hydrogen) atoms. The molecular weight excluding hydrogens is 304 g/mol. The normalized spacial score (nSPS) is 17.1. The predicted molar refractivity (Wildman–Crippen MR) is 83.2 cm³/mol. The number of carbonyl (C=O) groups is 1. The van der Waals surface area contributed by atoms with Crippen molar-refractivity contribution >= 4 is 15.9 Å². The molecule has 1 heterocycles. The molecule has 1 saturated heterocycles. The lowest BCUT2D eigenvalue weighted by Gasteiger charge is -2.22. The smallest absolute Gasteiger partial charge is 0.246 e. The summed E-state index contributed by atoms with van der Waals surface area (Å²) in [5, 5.41) is 0. The first-order chi connectivity index (χ1) is 10.5. The largest absolute Gasteiger partial charge is 0.495 e. The summed E-state index contributed by atoms with van der Waals surface area (Å²) in [5.41, 5.74) is 0. The molecule has 0 atom stereocenters. The number of hydrogen-bond donors (Lipinski definition) is 0. The Morgan fingerprint density at radius 1 is 1.18 bits per heavy atom. The van der Waals surface area contributed by atoms with E-state index in [-0.39, 0.29) is 10.8 Å². The van der Waals surface area contributed by atoms with Gasteiger partial charge in [-0.05, 0) is 18.6 Å². The van der Waals surface area contributed by atoms with E-state index < -0.39 is 10.0 Å². The highest BCUT2D eigenvalue weighted by atomic mass is 32.2. The van der Waals surface area contributed by atoms with Crippen molar-refractivity contribution in [2.75, 3.05) is 33.3 Å². The van der Waals surface area contributed by atoms with Gasteiger partial charge in [0.1, 0.15) is 10.6 Å². The van der Waals surface area contributed by atoms with Crippen molar-refractivity contribution in [3.8, 4) is 5.75 Å². The minimum atomic E-state index is -3.61. The highest BCUT2D eigenvalue weighted by Crippen LogP contribution is 2.26. The van der Waals surface area contributed by atoms with E-state index in [1.807, 2.05) is 6.92 Å². The number of hydrogen-bond acceptors (Lipinski definition) is 4. The number of rotatable bonds is 4. The predicted octanol–water partition coefficient (Wildman–Crippen LogP) is 1.33. The van der Waals surface area contributed by atoms with Gasteiger partial charge in [0.15, 0.2) is 0 Å². The molecule has 1 fully saturated rings. The molecule has 0 bridgehead atoms. The standard InChI is InChI=1S/C15H22N2O4S/c1-3-15(18)16-9-6-10-17(12-11-16)22(19,20)14-8-5-4-7-13(14)21-2/h4-5,7-8H,3,6,9-12H2,1-2H3. The Bertz CT molecular complexity index is 630. The zero-order valence-corrected chi connectivity index (χ0v) is 13.8. The average Bonchev–Trinajstić information content (AvgIpc) is 2.80. The molecule has 1 aromatic carbocycles. The van der Waals surface area contributed by atoms with Crippen molar-refractivity contribution in [2.45, 2.75) is 24.7 Å². The Balaban J connectivity index is 2.21. The molecule has 0 saturated carbocycles. The fourth-order valence-electron chi connectivity index (χ4n) is 2.58. The van der Waals surface area contributed by atoms with Gasteiger partial charge in [-0.3, -0.25) is 4.79 Å². The lowest BCUT2D eigenvalue weighted by Crippen LogP contribution is -2.37. The second kappa shape index (κ2) is 7.11. The van der Waals surface area contributed by atoms with E-state index in [1.165, 1.54) is 11.4 Å². The van der Waals surface area contributed by atoms with E-state index in [0.29, 0.717) is 44.8 Å². The van der Waals surface area contributed by atoms with Crippen LogP contribution in [0.25, 0.3) is 0 Å². The van der Waals surface area contributed by atoms with Crippen molar-refractivity contribution in [3.05, 3.63) is 24.3 Å². The third-order valence-corrected chi connectivity index (χ3v) is 5.73. The van der Waals surface area contributed by atoms with Crippen LogP contribution in [0.3, 0.4) is 0 Å². The summed E-state index contributed by atoms with van der Waals surface area (Å²) in [6, 6.07) is 6.60. The van der Waals surface area contributed by atoms with Gasteiger partial charge in [-0.1, -0.05) is 19.1 Å². The Morgan fingerprint density at radius 2 is 1.91 bits per heavy atom. The van der Waals surface area contributed by atoms with E-state index in [2.05, 4.69) is 0 Å². The van der Waals surface area contributed by atoms with Gasteiger partial charge in [0.25, 0.3) is 0 Å². The molecule has 6 nitrogen and oxygen atoms in total. The maximum Gasteiger partial charge on any atom is 0.246 e. The van der Waals surface area contributed by atoms with Crippen molar-refractivity contribution < 1.29 is 17.9 Å². The molecule has 0 aromatic heterocycles. The molecule has 2 rings (SSSR count). The molecule has 0 radical (unpaired) electrons. The number of sulfonamides is 1. The molecule has 1 aliphatic heterocycles. The van der Waals surface area contributed by atoms with E-state index >= 15 is 0 Å². The maximum atomic E-state index is 12.8. The summed E-state index contributed by atoms with van der Waals surface area (Å²) in [7, 11) is -2.16. The minimum absolute atomic E-state index is 0.0662. The van der Waals surface area contributed by atoms with Crippen LogP contribution < -0.4 is 4.74 Å². The van der Waals surface area contributed by atoms with E-state index in [1.54, 1.807) is 29.2 Å². The maximum absolute atomic E-state index is 12.8. The van der Waals surface area contributed by atoms with Crippen LogP contribution in [0.2, 0.25) is 0 Å². The fraction of sp³-hybridized carbons (Fsp3) is 0.533. The van der Waals surface area contributed by atoms with Gasteiger partial charge in [-0.2, -0.15) is 4.31 Å². The summed E-state index contributed by atoms with van der Waals surface area (Å²) < 4.78 is 32.2. The summed E-state index contributed by atoms with van der Waals surface area (Å²) in [5.74, 6) is 0.407. The first kappa shape index (κ1) is 16.8. The highest BCUT2D eigenvalue weighted by Gasteiger charge is 2.29. The van der Waals surface area contributed by atoms with Crippen molar-refractivity contribution in [2.24, 2.45) is 0 Å². The van der Waals surface area contributed by atoms with Crippen LogP contribution in [-0.4, -0.2) is 56.8 Å². The molecule has 0 aliphatic carbocycles. The fourth-order valence-corrected chi connectivity index (χ4v) is 4.20. The first-order valence-corrected chi connectivity index (χ1v) is 8.85. The molecule has 7 heteroatoms. The van der Waals surface area contributed by atoms with E-state index in [0.717, 1.165) is 0 Å². The highest BCUT2D eigenvalue weighted by molar-refractivity contribution is 7.89. The van der Waals surface area contributed by atoms with Crippen LogP contribution in [0.15, 0.2) is 29.2 Å². The Morgan fingerprint density at radius 3 is 2.59 bits per heavy atom. The Kier molecular flexibility index (Phi) is 5.42. The molecule has 0 unspecified atom stereocenters. The Hall–Kier alpha value is -1.60. The Labute approximate surface area is 131 Å². The molecule has 1 aromatic rings. The summed E-state index contributed by atoms with van der Waals surface area (Å²) in [4.78, 5) is 13.7. The number of benzene rings is 1. The zero-order valence-electron chi connectivity index (χ0n) is 13.0. The lowest BCUT2D eigenvalue weighted by atomic mass is 10.3. The summed E-state index contributed by atoms with van der Waals surface area (Å²) >= 11 is 0. The van der Waals surface area contributed by atoms with Crippen molar-refractivity contribution in [3.63, 3.8) is 0 Å². The van der Waals surface area contributed by atoms with Crippen LogP contribution in [0.4, 0.5) is 0 Å². The number of ether oxygens (including phenoxy) is 1. The molecule has 122 valence electrons. The van der Waals surface area contributed by atoms with Crippen LogP contribution in [0, 0.1) is 0 Å². The van der Waals surface area contributed by atoms with Gasteiger partial charge in [0.2, 0.25) is 15.9 Å². The quantitative estimate of drug-likeness (QED) is 0.837. The van der Waals surface area contributed by atoms with Crippen LogP contribution in [0.1, 0.15) is 19.8 Å². The lowest BCUT2D eigenvalue weighted by molar-refractivity contribution is -0.130. The number of nitrogens with zero attached hydrogens (tertiary/aromatic N) is 2. The molecule has 1 aliphatic rings. The first-order valence-electron chi connectivity index (χ1n) is 7.41. The molecule has 0 spiro atoms. The van der Waals surface area contributed by atoms with E-state index in [4.69, 9.17) is 4.74 Å². The number of para-hydroxylation sites is 1. The average molecular weight is 326 g/mol. The minimum Gasteiger partial charge on any atom is -0.495 e. The van der Waals surface area contributed by atoms with Crippen LogP contribution in [0.5, 0.6) is 5.75 Å². The van der Waals surface area contributed by atoms with Gasteiger partial charge in [-0.15, -0.1) is 0 Å². The van der Waals surface area contributed by atoms with Gasteiger partial charge >= 0.3 is 0 Å². The molecular formula is C15H22N2O4S. The van der Waals surface area contributed by atoms with Gasteiger partial charge in [0.05, 0.1) is 7.11 Å². The monoisotopic (exact) mass is 326 g/mol. The van der Waals surface area contributed by atoms with Crippen molar-refractivity contribution in [1.29, 1.82) is 0 Å². The topological polar surface area (TPSA) is 66.9 Å². The summed E-state index contributed by atoms with van der Waals surface area (Å²) in [6.45, 7) is 3.57.